The molecule has 1 heterocycles. The summed E-state index contributed by atoms with van der Waals surface area (Å²) in [7, 11) is -2.73. The van der Waals surface area contributed by atoms with Crippen LogP contribution in [-0.4, -0.2) is 20.5 Å². The van der Waals surface area contributed by atoms with Crippen molar-refractivity contribution in [3.05, 3.63) is 86.6 Å². The number of nitrogens with one attached hydrogen (secondary N) is 1. The van der Waals surface area contributed by atoms with Gasteiger partial charge in [-0.1, -0.05) is 36.4 Å². The second kappa shape index (κ2) is 7.87. The lowest BCUT2D eigenvalue weighted by Crippen LogP contribution is -2.29. The number of rotatable bonds is 7. The number of hydrogen-bond acceptors (Lipinski definition) is 6. The Labute approximate surface area is 160 Å². The van der Waals surface area contributed by atoms with Gasteiger partial charge in [-0.3, -0.25) is 10.1 Å². The largest absolute Gasteiger partial charge is 0.490 e. The van der Waals surface area contributed by atoms with Gasteiger partial charge < -0.3 is 4.74 Å². The number of nitro groups is 1. The molecule has 0 aliphatic rings. The minimum Gasteiger partial charge on any atom is -0.490 e. The topological polar surface area (TPSA) is 98.5 Å². The first-order valence-electron chi connectivity index (χ1n) is 7.85. The van der Waals surface area contributed by atoms with E-state index in [1.165, 1.54) is 30.6 Å². The number of nitrogens with zero attached hydrogens (tertiary/aromatic N) is 1. The van der Waals surface area contributed by atoms with Gasteiger partial charge in [0.1, 0.15) is 0 Å². The molecular formula is C18H16N2O5S2. The van der Waals surface area contributed by atoms with Crippen molar-refractivity contribution >= 4 is 27.0 Å². The SMILES string of the molecule is COc1ccc(S(=O)(=O)N[C@H](c2ccccc2)c2cccs2)cc1[N+](=O)[O-]. The third-order valence-electron chi connectivity index (χ3n) is 3.89. The fourth-order valence-electron chi connectivity index (χ4n) is 2.59. The highest BCUT2D eigenvalue weighted by molar-refractivity contribution is 7.89. The number of hydrogen-bond donors (Lipinski definition) is 1. The Morgan fingerprint density at radius 3 is 2.44 bits per heavy atom. The Balaban J connectivity index is 2.01. The summed E-state index contributed by atoms with van der Waals surface area (Å²) in [6.07, 6.45) is 0. The molecule has 1 atom stereocenters. The van der Waals surface area contributed by atoms with Crippen molar-refractivity contribution in [2.75, 3.05) is 7.11 Å². The molecule has 3 rings (SSSR count). The van der Waals surface area contributed by atoms with Crippen LogP contribution in [0.4, 0.5) is 5.69 Å². The van der Waals surface area contributed by atoms with Crippen molar-refractivity contribution in [3.8, 4) is 5.75 Å². The first-order chi connectivity index (χ1) is 12.9. The fourth-order valence-corrected chi connectivity index (χ4v) is 4.69. The lowest BCUT2D eigenvalue weighted by atomic mass is 10.1. The number of ether oxygens (including phenoxy) is 1. The zero-order valence-corrected chi connectivity index (χ0v) is 15.9. The molecule has 1 N–H and O–H groups in total. The number of methoxy groups -OCH3 is 1. The van der Waals surface area contributed by atoms with Gasteiger partial charge in [-0.05, 0) is 29.1 Å². The summed E-state index contributed by atoms with van der Waals surface area (Å²) in [4.78, 5) is 11.1. The lowest BCUT2D eigenvalue weighted by molar-refractivity contribution is -0.386. The molecule has 0 fully saturated rings. The van der Waals surface area contributed by atoms with Crippen molar-refractivity contribution in [1.29, 1.82) is 0 Å². The van der Waals surface area contributed by atoms with Gasteiger partial charge in [-0.2, -0.15) is 4.72 Å². The molecule has 0 aliphatic carbocycles. The molecule has 0 radical (unpaired) electrons. The van der Waals surface area contributed by atoms with Gasteiger partial charge in [0.05, 0.1) is 23.0 Å². The summed E-state index contributed by atoms with van der Waals surface area (Å²) >= 11 is 1.42. The molecule has 2 aromatic carbocycles. The van der Waals surface area contributed by atoms with E-state index in [-0.39, 0.29) is 10.6 Å². The smallest absolute Gasteiger partial charge is 0.312 e. The van der Waals surface area contributed by atoms with Gasteiger partial charge >= 0.3 is 5.69 Å². The maximum absolute atomic E-state index is 12.9. The molecular weight excluding hydrogens is 388 g/mol. The van der Waals surface area contributed by atoms with Gasteiger partial charge in [-0.15, -0.1) is 11.3 Å². The van der Waals surface area contributed by atoms with E-state index < -0.39 is 26.7 Å². The van der Waals surface area contributed by atoms with Gasteiger partial charge in [-0.25, -0.2) is 8.42 Å². The van der Waals surface area contributed by atoms with Crippen molar-refractivity contribution in [3.63, 3.8) is 0 Å². The Hall–Kier alpha value is -2.75. The van der Waals surface area contributed by atoms with Crippen LogP contribution in [0.1, 0.15) is 16.5 Å². The molecule has 3 aromatic rings. The van der Waals surface area contributed by atoms with Crippen LogP contribution >= 0.6 is 11.3 Å². The van der Waals surface area contributed by atoms with Crippen LogP contribution in [0.2, 0.25) is 0 Å². The monoisotopic (exact) mass is 404 g/mol. The predicted octanol–water partition coefficient (Wildman–Crippen LogP) is 3.73. The van der Waals surface area contributed by atoms with E-state index in [9.17, 15) is 18.5 Å². The van der Waals surface area contributed by atoms with E-state index in [2.05, 4.69) is 4.72 Å². The summed E-state index contributed by atoms with van der Waals surface area (Å²) in [6.45, 7) is 0. The van der Waals surface area contributed by atoms with E-state index >= 15 is 0 Å². The van der Waals surface area contributed by atoms with Crippen LogP contribution < -0.4 is 9.46 Å². The molecule has 0 saturated carbocycles. The zero-order chi connectivity index (χ0) is 19.4. The van der Waals surface area contributed by atoms with Gasteiger partial charge in [0, 0.05) is 10.9 Å². The second-order valence-corrected chi connectivity index (χ2v) is 8.26. The summed E-state index contributed by atoms with van der Waals surface area (Å²) < 4.78 is 33.4. The van der Waals surface area contributed by atoms with Crippen LogP contribution in [0, 0.1) is 10.1 Å². The highest BCUT2D eigenvalue weighted by Crippen LogP contribution is 2.31. The first-order valence-corrected chi connectivity index (χ1v) is 10.2. The van der Waals surface area contributed by atoms with Crippen molar-refractivity contribution in [2.24, 2.45) is 0 Å². The van der Waals surface area contributed by atoms with E-state index in [1.54, 1.807) is 0 Å². The average Bonchev–Trinajstić information content (AvgIpc) is 3.20. The standard InChI is InChI=1S/C18H16N2O5S2/c1-25-16-10-9-14(12-15(16)20(21)22)27(23,24)19-18(17-8-5-11-26-17)13-6-3-2-4-7-13/h2-12,18-19H,1H3/t18-/m1/s1. The minimum absolute atomic E-state index is 0.00295. The quantitative estimate of drug-likeness (QED) is 0.478. The summed E-state index contributed by atoms with van der Waals surface area (Å²) in [5.41, 5.74) is 0.360. The van der Waals surface area contributed by atoms with Crippen LogP contribution in [0.3, 0.4) is 0 Å². The third-order valence-corrected chi connectivity index (χ3v) is 6.25. The molecule has 140 valence electrons. The molecule has 27 heavy (non-hydrogen) atoms. The van der Waals surface area contributed by atoms with E-state index in [4.69, 9.17) is 4.74 Å². The molecule has 0 amide bonds. The molecule has 7 nitrogen and oxygen atoms in total. The fraction of sp³-hybridized carbons (Fsp3) is 0.111. The first kappa shape index (κ1) is 19.0. The van der Waals surface area contributed by atoms with Crippen molar-refractivity contribution in [2.45, 2.75) is 10.9 Å². The van der Waals surface area contributed by atoms with Gasteiger partial charge in [0.25, 0.3) is 0 Å². The normalized spacial score (nSPS) is 12.5. The predicted molar refractivity (Wildman–Crippen MR) is 103 cm³/mol. The Morgan fingerprint density at radius 2 is 1.85 bits per heavy atom. The summed E-state index contributed by atoms with van der Waals surface area (Å²) in [6, 6.07) is 15.8. The Morgan fingerprint density at radius 1 is 1.11 bits per heavy atom. The number of sulfonamides is 1. The van der Waals surface area contributed by atoms with Crippen molar-refractivity contribution < 1.29 is 18.1 Å². The second-order valence-electron chi connectivity index (χ2n) is 5.57. The lowest BCUT2D eigenvalue weighted by Gasteiger charge is -2.18. The van der Waals surface area contributed by atoms with Crippen LogP contribution in [0.25, 0.3) is 0 Å². The van der Waals surface area contributed by atoms with Gasteiger partial charge in [0.2, 0.25) is 10.0 Å². The minimum atomic E-state index is -4.02. The van der Waals surface area contributed by atoms with E-state index in [0.717, 1.165) is 16.5 Å². The zero-order valence-electron chi connectivity index (χ0n) is 14.2. The van der Waals surface area contributed by atoms with E-state index in [0.29, 0.717) is 0 Å². The molecule has 9 heteroatoms. The summed E-state index contributed by atoms with van der Waals surface area (Å²) in [5.74, 6) is -0.00295. The molecule has 0 spiro atoms. The van der Waals surface area contributed by atoms with E-state index in [1.807, 2.05) is 47.8 Å². The highest BCUT2D eigenvalue weighted by atomic mass is 32.2. The Bertz CT molecular complexity index is 1030. The summed E-state index contributed by atoms with van der Waals surface area (Å²) in [5, 5.41) is 13.1. The maximum atomic E-state index is 12.9. The maximum Gasteiger partial charge on any atom is 0.312 e. The number of nitro benzene ring substituents is 1. The molecule has 0 bridgehead atoms. The average molecular weight is 404 g/mol. The van der Waals surface area contributed by atoms with Crippen LogP contribution in [-0.2, 0) is 10.0 Å². The highest BCUT2D eigenvalue weighted by Gasteiger charge is 2.26. The van der Waals surface area contributed by atoms with Gasteiger partial charge in [0.15, 0.2) is 5.75 Å². The number of benzene rings is 2. The molecule has 1 aromatic heterocycles. The molecule has 0 saturated heterocycles. The number of thiophene rings is 1. The third kappa shape index (κ3) is 4.16. The van der Waals surface area contributed by atoms with Crippen LogP contribution in [0.5, 0.6) is 5.75 Å². The molecule has 0 aliphatic heterocycles. The van der Waals surface area contributed by atoms with Crippen LogP contribution in [0.15, 0.2) is 70.9 Å². The Kier molecular flexibility index (Phi) is 5.54. The van der Waals surface area contributed by atoms with Crippen molar-refractivity contribution in [1.82, 2.24) is 4.72 Å². The molecule has 0 unspecified atom stereocenters.